The summed E-state index contributed by atoms with van der Waals surface area (Å²) in [5, 5.41) is 2.94. The predicted molar refractivity (Wildman–Crippen MR) is 104 cm³/mol. The zero-order chi connectivity index (χ0) is 18.0. The minimum atomic E-state index is 0.00481. The zero-order valence-corrected chi connectivity index (χ0v) is 14.7. The molecule has 0 unspecified atom stereocenters. The molecule has 0 radical (unpaired) electrons. The van der Waals surface area contributed by atoms with Gasteiger partial charge in [-0.05, 0) is 22.3 Å². The molecule has 3 rings (SSSR count). The van der Waals surface area contributed by atoms with Crippen LogP contribution in [0, 0.1) is 0 Å². The van der Waals surface area contributed by atoms with Crippen molar-refractivity contribution in [2.45, 2.75) is 19.6 Å². The Bertz CT molecular complexity index is 799. The van der Waals surface area contributed by atoms with Gasteiger partial charge in [0.1, 0.15) is 0 Å². The Morgan fingerprint density at radius 1 is 0.731 bits per heavy atom. The molecule has 1 amide bonds. The normalized spacial score (nSPS) is 10.5. The summed E-state index contributed by atoms with van der Waals surface area (Å²) in [7, 11) is 0. The molecular formula is C23H23NO2. The van der Waals surface area contributed by atoms with E-state index in [0.29, 0.717) is 26.2 Å². The highest BCUT2D eigenvalue weighted by Crippen LogP contribution is 2.19. The van der Waals surface area contributed by atoms with Gasteiger partial charge in [-0.3, -0.25) is 4.79 Å². The molecule has 0 spiro atoms. The average molecular weight is 345 g/mol. The summed E-state index contributed by atoms with van der Waals surface area (Å²) in [6, 6.07) is 28.5. The lowest BCUT2D eigenvalue weighted by Gasteiger charge is -2.08. The van der Waals surface area contributed by atoms with Crippen LogP contribution in [-0.2, 0) is 22.7 Å². The van der Waals surface area contributed by atoms with Crippen LogP contribution >= 0.6 is 0 Å². The average Bonchev–Trinajstić information content (AvgIpc) is 2.71. The number of carbonyl (C=O) groups is 1. The van der Waals surface area contributed by atoms with Gasteiger partial charge in [-0.15, -0.1) is 0 Å². The number of carbonyl (C=O) groups excluding carboxylic acids is 1. The third-order valence-corrected chi connectivity index (χ3v) is 4.14. The van der Waals surface area contributed by atoms with Crippen molar-refractivity contribution in [3.05, 3.63) is 96.1 Å². The quantitative estimate of drug-likeness (QED) is 0.607. The Balaban J connectivity index is 1.37. The van der Waals surface area contributed by atoms with Crippen LogP contribution in [0.15, 0.2) is 84.9 Å². The molecule has 0 heterocycles. The monoisotopic (exact) mass is 345 g/mol. The number of hydrogen-bond donors (Lipinski definition) is 1. The summed E-state index contributed by atoms with van der Waals surface area (Å²) in [6.45, 7) is 1.50. The predicted octanol–water partition coefficient (Wildman–Crippen LogP) is 4.58. The molecule has 0 aliphatic heterocycles. The summed E-state index contributed by atoms with van der Waals surface area (Å²) in [4.78, 5) is 11.9. The first-order chi connectivity index (χ1) is 12.8. The summed E-state index contributed by atoms with van der Waals surface area (Å²) in [5.41, 5.74) is 4.57. The first-order valence-electron chi connectivity index (χ1n) is 8.84. The zero-order valence-electron chi connectivity index (χ0n) is 14.7. The van der Waals surface area contributed by atoms with Gasteiger partial charge >= 0.3 is 0 Å². The Labute approximate surface area is 154 Å². The fraction of sp³-hybridized carbons (Fsp3) is 0.174. The molecule has 0 bridgehead atoms. The number of nitrogens with one attached hydrogen (secondary N) is 1. The maximum atomic E-state index is 11.9. The molecule has 0 atom stereocenters. The molecule has 132 valence electrons. The van der Waals surface area contributed by atoms with E-state index in [4.69, 9.17) is 4.74 Å². The van der Waals surface area contributed by atoms with Gasteiger partial charge in [0.15, 0.2) is 0 Å². The van der Waals surface area contributed by atoms with Crippen molar-refractivity contribution in [3.8, 4) is 11.1 Å². The van der Waals surface area contributed by atoms with Gasteiger partial charge in [-0.25, -0.2) is 0 Å². The SMILES string of the molecule is O=C(CCOCc1ccccc1)NCc1ccc(-c2ccccc2)cc1. The lowest BCUT2D eigenvalue weighted by atomic mass is 10.0. The first kappa shape index (κ1) is 17.9. The summed E-state index contributed by atoms with van der Waals surface area (Å²) >= 11 is 0. The van der Waals surface area contributed by atoms with E-state index in [0.717, 1.165) is 11.1 Å². The summed E-state index contributed by atoms with van der Waals surface area (Å²) in [5.74, 6) is 0.00481. The molecule has 3 aromatic rings. The van der Waals surface area contributed by atoms with Gasteiger partial charge in [0.25, 0.3) is 0 Å². The Hall–Kier alpha value is -2.91. The van der Waals surface area contributed by atoms with Crippen LogP contribution in [-0.4, -0.2) is 12.5 Å². The van der Waals surface area contributed by atoms with Crippen LogP contribution < -0.4 is 5.32 Å². The van der Waals surface area contributed by atoms with Crippen LogP contribution in [0.25, 0.3) is 11.1 Å². The fourth-order valence-corrected chi connectivity index (χ4v) is 2.66. The lowest BCUT2D eigenvalue weighted by Crippen LogP contribution is -2.23. The minimum absolute atomic E-state index is 0.00481. The second-order valence-electron chi connectivity index (χ2n) is 6.13. The van der Waals surface area contributed by atoms with Crippen LogP contribution in [0.4, 0.5) is 0 Å². The third-order valence-electron chi connectivity index (χ3n) is 4.14. The van der Waals surface area contributed by atoms with Crippen molar-refractivity contribution in [2.75, 3.05) is 6.61 Å². The summed E-state index contributed by atoms with van der Waals surface area (Å²) < 4.78 is 5.55. The maximum Gasteiger partial charge on any atom is 0.222 e. The van der Waals surface area contributed by atoms with E-state index in [9.17, 15) is 4.79 Å². The van der Waals surface area contributed by atoms with E-state index < -0.39 is 0 Å². The molecule has 0 aromatic heterocycles. The van der Waals surface area contributed by atoms with Crippen molar-refractivity contribution in [2.24, 2.45) is 0 Å². The molecule has 3 heteroatoms. The highest BCUT2D eigenvalue weighted by molar-refractivity contribution is 5.76. The van der Waals surface area contributed by atoms with Gasteiger partial charge in [0.2, 0.25) is 5.91 Å². The van der Waals surface area contributed by atoms with Gasteiger partial charge < -0.3 is 10.1 Å². The number of hydrogen-bond acceptors (Lipinski definition) is 2. The smallest absolute Gasteiger partial charge is 0.222 e. The van der Waals surface area contributed by atoms with Crippen molar-refractivity contribution in [1.29, 1.82) is 0 Å². The largest absolute Gasteiger partial charge is 0.376 e. The topological polar surface area (TPSA) is 38.3 Å². The Morgan fingerprint density at radius 3 is 2.04 bits per heavy atom. The number of ether oxygens (including phenoxy) is 1. The molecule has 26 heavy (non-hydrogen) atoms. The lowest BCUT2D eigenvalue weighted by molar-refractivity contribution is -0.122. The first-order valence-corrected chi connectivity index (χ1v) is 8.84. The molecular weight excluding hydrogens is 322 g/mol. The molecule has 0 fully saturated rings. The number of rotatable bonds is 8. The van der Waals surface area contributed by atoms with E-state index in [2.05, 4.69) is 41.7 Å². The van der Waals surface area contributed by atoms with E-state index in [1.807, 2.05) is 48.5 Å². The maximum absolute atomic E-state index is 11.9. The molecule has 3 nitrogen and oxygen atoms in total. The van der Waals surface area contributed by atoms with Gasteiger partial charge in [-0.1, -0.05) is 84.9 Å². The van der Waals surface area contributed by atoms with Crippen molar-refractivity contribution >= 4 is 5.91 Å². The van der Waals surface area contributed by atoms with Crippen molar-refractivity contribution in [1.82, 2.24) is 5.32 Å². The van der Waals surface area contributed by atoms with Crippen LogP contribution in [0.2, 0.25) is 0 Å². The highest BCUT2D eigenvalue weighted by Gasteiger charge is 2.03. The molecule has 1 N–H and O–H groups in total. The van der Waals surface area contributed by atoms with Crippen LogP contribution in [0.1, 0.15) is 17.5 Å². The molecule has 0 aliphatic carbocycles. The Kier molecular flexibility index (Phi) is 6.57. The standard InChI is InChI=1S/C23H23NO2/c25-23(15-16-26-18-20-7-3-1-4-8-20)24-17-19-11-13-22(14-12-19)21-9-5-2-6-10-21/h1-14H,15-18H2,(H,24,25). The third kappa shape index (κ3) is 5.57. The molecule has 0 saturated carbocycles. The second-order valence-corrected chi connectivity index (χ2v) is 6.13. The van der Waals surface area contributed by atoms with Crippen molar-refractivity contribution < 1.29 is 9.53 Å². The van der Waals surface area contributed by atoms with Crippen LogP contribution in [0.5, 0.6) is 0 Å². The molecule has 3 aromatic carbocycles. The van der Waals surface area contributed by atoms with Gasteiger partial charge in [0, 0.05) is 13.0 Å². The van der Waals surface area contributed by atoms with E-state index in [1.165, 1.54) is 11.1 Å². The molecule has 0 saturated heterocycles. The van der Waals surface area contributed by atoms with Gasteiger partial charge in [-0.2, -0.15) is 0 Å². The summed E-state index contributed by atoms with van der Waals surface area (Å²) in [6.07, 6.45) is 0.370. The second kappa shape index (κ2) is 9.54. The Morgan fingerprint density at radius 2 is 1.35 bits per heavy atom. The van der Waals surface area contributed by atoms with Crippen molar-refractivity contribution in [3.63, 3.8) is 0 Å². The fourth-order valence-electron chi connectivity index (χ4n) is 2.66. The highest BCUT2D eigenvalue weighted by atomic mass is 16.5. The van der Waals surface area contributed by atoms with Crippen LogP contribution in [0.3, 0.4) is 0 Å². The van der Waals surface area contributed by atoms with E-state index in [1.54, 1.807) is 0 Å². The minimum Gasteiger partial charge on any atom is -0.376 e. The van der Waals surface area contributed by atoms with E-state index >= 15 is 0 Å². The number of benzene rings is 3. The van der Waals surface area contributed by atoms with E-state index in [-0.39, 0.29) is 5.91 Å². The number of amides is 1. The molecule has 0 aliphatic rings. The van der Waals surface area contributed by atoms with Gasteiger partial charge in [0.05, 0.1) is 13.2 Å².